The molecule has 2 nitrogen and oxygen atoms in total. The van der Waals surface area contributed by atoms with Crippen molar-refractivity contribution in [3.8, 4) is 5.75 Å². The fourth-order valence-corrected chi connectivity index (χ4v) is 2.96. The fourth-order valence-electron chi connectivity index (χ4n) is 1.80. The van der Waals surface area contributed by atoms with Crippen LogP contribution in [0.5, 0.6) is 5.75 Å². The maximum absolute atomic E-state index is 14.0. The monoisotopic (exact) mass is 277 g/mol. The smallest absolute Gasteiger partial charge is 0.137 e. The van der Waals surface area contributed by atoms with Gasteiger partial charge in [0, 0.05) is 6.04 Å². The average molecular weight is 277 g/mol. The van der Waals surface area contributed by atoms with E-state index in [1.807, 2.05) is 37.3 Å². The van der Waals surface area contributed by atoms with Crippen molar-refractivity contribution < 1.29 is 9.13 Å². The molecule has 0 fully saturated rings. The lowest BCUT2D eigenvalue weighted by molar-refractivity contribution is 0.405. The van der Waals surface area contributed by atoms with Gasteiger partial charge in [-0.05, 0) is 30.7 Å². The Morgan fingerprint density at radius 2 is 1.89 bits per heavy atom. The average Bonchev–Trinajstić information content (AvgIpc) is 2.41. The van der Waals surface area contributed by atoms with Gasteiger partial charge in [0.15, 0.2) is 0 Å². The molecule has 0 aliphatic carbocycles. The molecule has 0 spiro atoms. The summed E-state index contributed by atoms with van der Waals surface area (Å²) in [7, 11) is 1.60. The Labute approximate surface area is 116 Å². The van der Waals surface area contributed by atoms with Crippen LogP contribution < -0.4 is 10.5 Å². The number of rotatable bonds is 4. The minimum atomic E-state index is -0.259. The normalized spacial score (nSPS) is 12.2. The number of hydrogen-bond donors (Lipinski definition) is 1. The van der Waals surface area contributed by atoms with Crippen LogP contribution in [0, 0.1) is 5.82 Å². The molecule has 2 N–H and O–H groups in total. The molecule has 100 valence electrons. The fraction of sp³-hybridized carbons (Fsp3) is 0.200. The van der Waals surface area contributed by atoms with Crippen molar-refractivity contribution in [1.29, 1.82) is 0 Å². The summed E-state index contributed by atoms with van der Waals surface area (Å²) in [4.78, 5) is 1.43. The van der Waals surface area contributed by atoms with Crippen LogP contribution in [0.2, 0.25) is 0 Å². The van der Waals surface area contributed by atoms with Crippen LogP contribution in [0.15, 0.2) is 52.3 Å². The molecule has 0 saturated carbocycles. The highest BCUT2D eigenvalue weighted by atomic mass is 32.2. The number of benzene rings is 2. The standard InChI is InChI=1S/C15H16FNOS/c1-10(17)11-6-5-7-12(16)15(11)19-14-9-4-3-8-13(14)18-2/h3-10H,17H2,1-2H3. The highest BCUT2D eigenvalue weighted by Gasteiger charge is 2.14. The SMILES string of the molecule is COc1ccccc1Sc1c(F)cccc1C(C)N. The van der Waals surface area contributed by atoms with Crippen LogP contribution in [0.3, 0.4) is 0 Å². The first kappa shape index (κ1) is 13.9. The first-order valence-electron chi connectivity index (χ1n) is 5.98. The Hall–Kier alpha value is -1.52. The zero-order chi connectivity index (χ0) is 13.8. The topological polar surface area (TPSA) is 35.2 Å². The number of methoxy groups -OCH3 is 1. The van der Waals surface area contributed by atoms with E-state index < -0.39 is 0 Å². The second-order valence-corrected chi connectivity index (χ2v) is 5.25. The van der Waals surface area contributed by atoms with Crippen LogP contribution >= 0.6 is 11.8 Å². The van der Waals surface area contributed by atoms with Gasteiger partial charge >= 0.3 is 0 Å². The van der Waals surface area contributed by atoms with Gasteiger partial charge in [0.25, 0.3) is 0 Å². The lowest BCUT2D eigenvalue weighted by Gasteiger charge is -2.14. The Balaban J connectivity index is 2.43. The van der Waals surface area contributed by atoms with E-state index >= 15 is 0 Å². The number of para-hydroxylation sites is 1. The molecule has 1 unspecified atom stereocenters. The zero-order valence-corrected chi connectivity index (χ0v) is 11.7. The molecular weight excluding hydrogens is 261 g/mol. The molecule has 2 rings (SSSR count). The maximum Gasteiger partial charge on any atom is 0.137 e. The largest absolute Gasteiger partial charge is 0.496 e. The van der Waals surface area contributed by atoms with E-state index in [1.165, 1.54) is 17.8 Å². The van der Waals surface area contributed by atoms with Gasteiger partial charge in [-0.3, -0.25) is 0 Å². The van der Waals surface area contributed by atoms with Gasteiger partial charge in [0.05, 0.1) is 16.9 Å². The van der Waals surface area contributed by atoms with Gasteiger partial charge in [0.1, 0.15) is 11.6 Å². The maximum atomic E-state index is 14.0. The summed E-state index contributed by atoms with van der Waals surface area (Å²) >= 11 is 1.34. The van der Waals surface area contributed by atoms with Gasteiger partial charge in [0.2, 0.25) is 0 Å². The summed E-state index contributed by atoms with van der Waals surface area (Å²) in [6.07, 6.45) is 0. The van der Waals surface area contributed by atoms with Crippen LogP contribution in [-0.2, 0) is 0 Å². The van der Waals surface area contributed by atoms with Gasteiger partial charge in [-0.15, -0.1) is 0 Å². The summed E-state index contributed by atoms with van der Waals surface area (Å²) in [6, 6.07) is 12.3. The van der Waals surface area contributed by atoms with Crippen molar-refractivity contribution >= 4 is 11.8 Å². The predicted octanol–water partition coefficient (Wildman–Crippen LogP) is 4.01. The minimum Gasteiger partial charge on any atom is -0.496 e. The lowest BCUT2D eigenvalue weighted by Crippen LogP contribution is -2.07. The van der Waals surface area contributed by atoms with Gasteiger partial charge < -0.3 is 10.5 Å². The van der Waals surface area contributed by atoms with Gasteiger partial charge in [-0.2, -0.15) is 0 Å². The molecule has 2 aromatic rings. The zero-order valence-electron chi connectivity index (χ0n) is 10.9. The number of hydrogen-bond acceptors (Lipinski definition) is 3. The minimum absolute atomic E-state index is 0.215. The summed E-state index contributed by atoms with van der Waals surface area (Å²) in [5.41, 5.74) is 6.70. The summed E-state index contributed by atoms with van der Waals surface area (Å²) in [5, 5.41) is 0. The molecule has 1 atom stereocenters. The molecule has 0 bridgehead atoms. The van der Waals surface area contributed by atoms with Crippen LogP contribution in [0.1, 0.15) is 18.5 Å². The third-order valence-corrected chi connectivity index (χ3v) is 3.96. The lowest BCUT2D eigenvalue weighted by atomic mass is 10.1. The molecule has 19 heavy (non-hydrogen) atoms. The van der Waals surface area contributed by atoms with Gasteiger partial charge in [-0.1, -0.05) is 36.0 Å². The number of halogens is 1. The van der Waals surface area contributed by atoms with E-state index in [0.717, 1.165) is 16.2 Å². The van der Waals surface area contributed by atoms with E-state index in [-0.39, 0.29) is 11.9 Å². The molecule has 0 heterocycles. The molecule has 0 aromatic heterocycles. The summed E-state index contributed by atoms with van der Waals surface area (Å²) in [5.74, 6) is 0.470. The van der Waals surface area contributed by atoms with Crippen molar-refractivity contribution in [1.82, 2.24) is 0 Å². The van der Waals surface area contributed by atoms with Crippen molar-refractivity contribution in [2.75, 3.05) is 7.11 Å². The Bertz CT molecular complexity index is 572. The molecule has 2 aromatic carbocycles. The molecule has 4 heteroatoms. The Morgan fingerprint density at radius 3 is 2.58 bits per heavy atom. The Morgan fingerprint density at radius 1 is 1.16 bits per heavy atom. The second kappa shape index (κ2) is 6.08. The molecule has 0 amide bonds. The van der Waals surface area contributed by atoms with E-state index in [4.69, 9.17) is 10.5 Å². The first-order chi connectivity index (χ1) is 9.13. The molecule has 0 radical (unpaired) electrons. The molecule has 0 aliphatic rings. The quantitative estimate of drug-likeness (QED) is 0.917. The van der Waals surface area contributed by atoms with E-state index in [2.05, 4.69) is 0 Å². The molecule has 0 saturated heterocycles. The second-order valence-electron chi connectivity index (χ2n) is 4.20. The highest BCUT2D eigenvalue weighted by molar-refractivity contribution is 7.99. The van der Waals surface area contributed by atoms with Crippen LogP contribution in [0.4, 0.5) is 4.39 Å². The van der Waals surface area contributed by atoms with E-state index in [0.29, 0.717) is 4.90 Å². The van der Waals surface area contributed by atoms with Crippen molar-refractivity contribution in [3.05, 3.63) is 53.8 Å². The van der Waals surface area contributed by atoms with Gasteiger partial charge in [-0.25, -0.2) is 4.39 Å². The van der Waals surface area contributed by atoms with E-state index in [9.17, 15) is 4.39 Å². The van der Waals surface area contributed by atoms with Crippen molar-refractivity contribution in [3.63, 3.8) is 0 Å². The number of ether oxygens (including phenoxy) is 1. The van der Waals surface area contributed by atoms with Crippen molar-refractivity contribution in [2.45, 2.75) is 22.8 Å². The summed E-state index contributed by atoms with van der Waals surface area (Å²) < 4.78 is 19.3. The highest BCUT2D eigenvalue weighted by Crippen LogP contribution is 2.39. The van der Waals surface area contributed by atoms with Crippen LogP contribution in [-0.4, -0.2) is 7.11 Å². The van der Waals surface area contributed by atoms with Crippen molar-refractivity contribution in [2.24, 2.45) is 5.73 Å². The first-order valence-corrected chi connectivity index (χ1v) is 6.80. The number of nitrogens with two attached hydrogens (primary N) is 1. The van der Waals surface area contributed by atoms with E-state index in [1.54, 1.807) is 13.2 Å². The molecular formula is C15H16FNOS. The Kier molecular flexibility index (Phi) is 4.45. The molecule has 0 aliphatic heterocycles. The third kappa shape index (κ3) is 3.08. The summed E-state index contributed by atoms with van der Waals surface area (Å²) in [6.45, 7) is 1.85. The predicted molar refractivity (Wildman–Crippen MR) is 76.1 cm³/mol. The van der Waals surface area contributed by atoms with Crippen LogP contribution in [0.25, 0.3) is 0 Å². The third-order valence-electron chi connectivity index (χ3n) is 2.77.